The van der Waals surface area contributed by atoms with Gasteiger partial charge >= 0.3 is 5.69 Å². The first-order chi connectivity index (χ1) is 9.51. The number of hydrogen-bond acceptors (Lipinski definition) is 3. The summed E-state index contributed by atoms with van der Waals surface area (Å²) in [5.41, 5.74) is 1.10. The van der Waals surface area contributed by atoms with Crippen molar-refractivity contribution < 1.29 is 14.1 Å². The molecule has 0 unspecified atom stereocenters. The van der Waals surface area contributed by atoms with Gasteiger partial charge in [0.05, 0.1) is 4.92 Å². The molecule has 0 radical (unpaired) electrons. The molecular formula is C14H11BrFNO3. The molecule has 2 aromatic rings. The van der Waals surface area contributed by atoms with Gasteiger partial charge in [-0.05, 0) is 30.2 Å². The van der Waals surface area contributed by atoms with E-state index in [9.17, 15) is 14.5 Å². The van der Waals surface area contributed by atoms with E-state index in [2.05, 4.69) is 15.9 Å². The van der Waals surface area contributed by atoms with Crippen molar-refractivity contribution in [2.24, 2.45) is 0 Å². The van der Waals surface area contributed by atoms with Crippen LogP contribution in [0.5, 0.6) is 11.5 Å². The second-order valence-electron chi connectivity index (χ2n) is 4.21. The second kappa shape index (κ2) is 6.00. The number of rotatable bonds is 4. The van der Waals surface area contributed by atoms with Gasteiger partial charge in [0, 0.05) is 17.5 Å². The van der Waals surface area contributed by atoms with E-state index in [4.69, 9.17) is 4.74 Å². The van der Waals surface area contributed by atoms with Gasteiger partial charge in [-0.1, -0.05) is 28.1 Å². The van der Waals surface area contributed by atoms with Crippen molar-refractivity contribution in [3.05, 3.63) is 63.5 Å². The molecule has 0 fully saturated rings. The van der Waals surface area contributed by atoms with Gasteiger partial charge in [-0.15, -0.1) is 0 Å². The predicted octanol–water partition coefficient (Wildman–Crippen LogP) is 4.73. The molecule has 0 atom stereocenters. The Morgan fingerprint density at radius 1 is 1.30 bits per heavy atom. The zero-order valence-electron chi connectivity index (χ0n) is 10.6. The highest BCUT2D eigenvalue weighted by Crippen LogP contribution is 2.33. The number of alkyl halides is 1. The summed E-state index contributed by atoms with van der Waals surface area (Å²) < 4.78 is 18.8. The molecule has 0 saturated carbocycles. The van der Waals surface area contributed by atoms with E-state index < -0.39 is 10.7 Å². The van der Waals surface area contributed by atoms with Crippen LogP contribution >= 0.6 is 15.9 Å². The smallest absolute Gasteiger partial charge is 0.311 e. The van der Waals surface area contributed by atoms with Crippen molar-refractivity contribution in [1.82, 2.24) is 0 Å². The quantitative estimate of drug-likeness (QED) is 0.459. The lowest BCUT2D eigenvalue weighted by Crippen LogP contribution is -1.95. The average molecular weight is 340 g/mol. The van der Waals surface area contributed by atoms with E-state index in [1.54, 1.807) is 25.1 Å². The number of nitrogens with zero attached hydrogens (tertiary/aromatic N) is 1. The number of halogens is 2. The third kappa shape index (κ3) is 3.14. The molecule has 0 amide bonds. The molecule has 0 N–H and O–H groups in total. The van der Waals surface area contributed by atoms with Gasteiger partial charge in [-0.2, -0.15) is 0 Å². The maximum absolute atomic E-state index is 13.4. The van der Waals surface area contributed by atoms with Crippen molar-refractivity contribution in [3.63, 3.8) is 0 Å². The number of aryl methyl sites for hydroxylation is 1. The molecule has 104 valence electrons. The van der Waals surface area contributed by atoms with Crippen LogP contribution in [0.2, 0.25) is 0 Å². The highest BCUT2D eigenvalue weighted by atomic mass is 79.9. The molecule has 0 aromatic heterocycles. The molecule has 2 aromatic carbocycles. The number of benzene rings is 2. The van der Waals surface area contributed by atoms with E-state index in [0.717, 1.165) is 5.56 Å². The first-order valence-corrected chi connectivity index (χ1v) is 6.90. The van der Waals surface area contributed by atoms with E-state index in [1.807, 2.05) is 0 Å². The predicted molar refractivity (Wildman–Crippen MR) is 76.9 cm³/mol. The summed E-state index contributed by atoms with van der Waals surface area (Å²) in [5, 5.41) is 11.5. The van der Waals surface area contributed by atoms with E-state index in [-0.39, 0.29) is 17.2 Å². The molecule has 0 saturated heterocycles. The second-order valence-corrected chi connectivity index (χ2v) is 4.77. The summed E-state index contributed by atoms with van der Waals surface area (Å²) >= 11 is 3.24. The Morgan fingerprint density at radius 2 is 2.05 bits per heavy atom. The highest BCUT2D eigenvalue weighted by molar-refractivity contribution is 9.08. The first-order valence-electron chi connectivity index (χ1n) is 5.78. The Kier molecular flexibility index (Phi) is 4.34. The normalized spacial score (nSPS) is 10.3. The molecule has 20 heavy (non-hydrogen) atoms. The third-order valence-electron chi connectivity index (χ3n) is 2.75. The Hall–Kier alpha value is -1.95. The van der Waals surface area contributed by atoms with E-state index >= 15 is 0 Å². The van der Waals surface area contributed by atoms with Gasteiger partial charge < -0.3 is 4.74 Å². The van der Waals surface area contributed by atoms with Gasteiger partial charge in [0.25, 0.3) is 0 Å². The molecule has 0 heterocycles. The Balaban J connectivity index is 2.37. The summed E-state index contributed by atoms with van der Waals surface area (Å²) in [6.45, 7) is 1.63. The maximum Gasteiger partial charge on any atom is 0.311 e. The Labute approximate surface area is 123 Å². The van der Waals surface area contributed by atoms with Crippen LogP contribution in [0.4, 0.5) is 10.1 Å². The van der Waals surface area contributed by atoms with Gasteiger partial charge in [0.1, 0.15) is 11.6 Å². The van der Waals surface area contributed by atoms with Crippen molar-refractivity contribution in [3.8, 4) is 11.5 Å². The standard InChI is InChI=1S/C14H11BrFNO3/c1-9-2-4-11(7-12(9)16)20-14-5-3-10(8-15)6-13(14)17(18)19/h2-7H,8H2,1H3. The third-order valence-corrected chi connectivity index (χ3v) is 3.39. The minimum absolute atomic E-state index is 0.0861. The van der Waals surface area contributed by atoms with Gasteiger partial charge in [-0.25, -0.2) is 4.39 Å². The SMILES string of the molecule is Cc1ccc(Oc2ccc(CBr)cc2[N+](=O)[O-])cc1F. The Bertz CT molecular complexity index is 661. The van der Waals surface area contributed by atoms with Crippen molar-refractivity contribution in [1.29, 1.82) is 0 Å². The van der Waals surface area contributed by atoms with Crippen LogP contribution in [-0.2, 0) is 5.33 Å². The van der Waals surface area contributed by atoms with Crippen LogP contribution in [0.15, 0.2) is 36.4 Å². The lowest BCUT2D eigenvalue weighted by molar-refractivity contribution is -0.385. The number of nitro benzene ring substituents is 1. The molecule has 0 aliphatic heterocycles. The molecule has 2 rings (SSSR count). The Morgan fingerprint density at radius 3 is 2.65 bits per heavy atom. The molecule has 6 heteroatoms. The summed E-state index contributed by atoms with van der Waals surface area (Å²) in [4.78, 5) is 10.5. The molecule has 0 aliphatic carbocycles. The van der Waals surface area contributed by atoms with Gasteiger partial charge in [0.2, 0.25) is 5.75 Å². The van der Waals surface area contributed by atoms with Crippen molar-refractivity contribution in [2.75, 3.05) is 0 Å². The minimum atomic E-state index is -0.522. The molecule has 0 bridgehead atoms. The van der Waals surface area contributed by atoms with Crippen molar-refractivity contribution >= 4 is 21.6 Å². The maximum atomic E-state index is 13.4. The largest absolute Gasteiger partial charge is 0.450 e. The summed E-state index contributed by atoms with van der Waals surface area (Å²) in [6, 6.07) is 8.98. The van der Waals surface area contributed by atoms with Gasteiger partial charge in [0.15, 0.2) is 0 Å². The molecular weight excluding hydrogens is 329 g/mol. The lowest BCUT2D eigenvalue weighted by atomic mass is 10.2. The van der Waals surface area contributed by atoms with E-state index in [1.165, 1.54) is 18.2 Å². The van der Waals surface area contributed by atoms with Crippen LogP contribution in [0, 0.1) is 22.9 Å². The van der Waals surface area contributed by atoms with Crippen LogP contribution in [0.1, 0.15) is 11.1 Å². The topological polar surface area (TPSA) is 52.4 Å². The zero-order chi connectivity index (χ0) is 14.7. The average Bonchev–Trinajstić information content (AvgIpc) is 2.43. The van der Waals surface area contributed by atoms with Crippen LogP contribution in [-0.4, -0.2) is 4.92 Å². The molecule has 0 aliphatic rings. The first kappa shape index (κ1) is 14.5. The summed E-state index contributed by atoms with van der Waals surface area (Å²) in [7, 11) is 0. The van der Waals surface area contributed by atoms with Gasteiger partial charge in [-0.3, -0.25) is 10.1 Å². The van der Waals surface area contributed by atoms with Crippen molar-refractivity contribution in [2.45, 2.75) is 12.3 Å². The zero-order valence-corrected chi connectivity index (χ0v) is 12.2. The highest BCUT2D eigenvalue weighted by Gasteiger charge is 2.17. The van der Waals surface area contributed by atoms with Crippen LogP contribution in [0.3, 0.4) is 0 Å². The van der Waals surface area contributed by atoms with Crippen LogP contribution in [0.25, 0.3) is 0 Å². The number of ether oxygens (including phenoxy) is 1. The number of hydrogen-bond donors (Lipinski definition) is 0. The lowest BCUT2D eigenvalue weighted by Gasteiger charge is -2.08. The fraction of sp³-hybridized carbons (Fsp3) is 0.143. The summed E-state index contributed by atoms with van der Waals surface area (Å²) in [6.07, 6.45) is 0. The molecule has 4 nitrogen and oxygen atoms in total. The van der Waals surface area contributed by atoms with Crippen LogP contribution < -0.4 is 4.74 Å². The van der Waals surface area contributed by atoms with E-state index in [0.29, 0.717) is 10.9 Å². The number of nitro groups is 1. The fourth-order valence-electron chi connectivity index (χ4n) is 1.64. The monoisotopic (exact) mass is 339 g/mol. The molecule has 0 spiro atoms. The minimum Gasteiger partial charge on any atom is -0.450 e. The summed E-state index contributed by atoms with van der Waals surface area (Å²) in [5.74, 6) is -0.104. The fourth-order valence-corrected chi connectivity index (χ4v) is 1.99.